The van der Waals surface area contributed by atoms with Crippen LogP contribution < -0.4 is 4.74 Å². The van der Waals surface area contributed by atoms with Gasteiger partial charge in [0.05, 0.1) is 0 Å². The zero-order valence-corrected chi connectivity index (χ0v) is 13.6. The Balaban J connectivity index is 1.79. The minimum atomic E-state index is -3.32. The van der Waals surface area contributed by atoms with E-state index in [1.54, 1.807) is 6.08 Å². The fourth-order valence-corrected chi connectivity index (χ4v) is 3.19. The summed E-state index contributed by atoms with van der Waals surface area (Å²) in [6.45, 7) is 0. The van der Waals surface area contributed by atoms with Gasteiger partial charge in [0.1, 0.15) is 17.6 Å². The van der Waals surface area contributed by atoms with Crippen molar-refractivity contribution in [3.8, 4) is 11.5 Å². The highest BCUT2D eigenvalue weighted by molar-refractivity contribution is 7.94. The predicted octanol–water partition coefficient (Wildman–Crippen LogP) is 4.22. The van der Waals surface area contributed by atoms with Crippen LogP contribution in [-0.4, -0.2) is 14.7 Å². The molecule has 0 amide bonds. The molecule has 1 unspecified atom stereocenters. The Kier molecular flexibility index (Phi) is 4.39. The number of hydrogen-bond donors (Lipinski definition) is 0. The Hall–Kier alpha value is -2.27. The average molecular weight is 330 g/mol. The molecule has 1 aliphatic heterocycles. The molecule has 1 atom stereocenters. The van der Waals surface area contributed by atoms with Crippen LogP contribution in [-0.2, 0) is 14.6 Å². The summed E-state index contributed by atoms with van der Waals surface area (Å²) in [6, 6.07) is 17.1. The van der Waals surface area contributed by atoms with E-state index in [0.29, 0.717) is 12.2 Å². The number of ether oxygens (including phenoxy) is 2. The summed E-state index contributed by atoms with van der Waals surface area (Å²) in [5.41, 5.74) is 0.910. The quantitative estimate of drug-likeness (QED) is 0.842. The summed E-state index contributed by atoms with van der Waals surface area (Å²) in [6.07, 6.45) is 3.95. The van der Waals surface area contributed by atoms with Crippen molar-refractivity contribution in [2.45, 2.75) is 18.9 Å². The summed E-state index contributed by atoms with van der Waals surface area (Å²) in [5.74, 6) is 1.46. The van der Waals surface area contributed by atoms with Crippen LogP contribution in [0.25, 0.3) is 0 Å². The lowest BCUT2D eigenvalue weighted by atomic mass is 10.0. The molecule has 0 saturated heterocycles. The van der Waals surface area contributed by atoms with Crippen molar-refractivity contribution >= 4 is 9.84 Å². The fraction of sp³-hybridized carbons (Fsp3) is 0.222. The smallest absolute Gasteiger partial charge is 0.208 e. The summed E-state index contributed by atoms with van der Waals surface area (Å²) >= 11 is 0. The van der Waals surface area contributed by atoms with Crippen molar-refractivity contribution in [1.82, 2.24) is 0 Å². The molecule has 0 saturated carbocycles. The highest BCUT2D eigenvalue weighted by Gasteiger charge is 2.24. The van der Waals surface area contributed by atoms with Gasteiger partial charge in [-0.15, -0.1) is 0 Å². The van der Waals surface area contributed by atoms with E-state index in [2.05, 4.69) is 0 Å². The first kappa shape index (κ1) is 15.6. The fourth-order valence-electron chi connectivity index (χ4n) is 2.48. The number of allylic oxidation sites excluding steroid dienone is 1. The number of rotatable bonds is 4. The van der Waals surface area contributed by atoms with Crippen LogP contribution in [0.5, 0.6) is 11.5 Å². The van der Waals surface area contributed by atoms with Gasteiger partial charge in [-0.25, -0.2) is 8.42 Å². The molecule has 0 aromatic heterocycles. The topological polar surface area (TPSA) is 52.6 Å². The SMILES string of the molecule is CS(=O)(=O)C1=CCCC(c2cccc(Oc3ccccc3)c2)O1. The van der Waals surface area contributed by atoms with Crippen molar-refractivity contribution in [3.63, 3.8) is 0 Å². The molecule has 0 bridgehead atoms. The minimum absolute atomic E-state index is 0.0585. The summed E-state index contributed by atoms with van der Waals surface area (Å²) in [4.78, 5) is 0. The van der Waals surface area contributed by atoms with E-state index >= 15 is 0 Å². The van der Waals surface area contributed by atoms with E-state index in [1.165, 1.54) is 0 Å². The van der Waals surface area contributed by atoms with Crippen LogP contribution in [0, 0.1) is 0 Å². The molecule has 5 heteroatoms. The lowest BCUT2D eigenvalue weighted by molar-refractivity contribution is 0.113. The lowest BCUT2D eigenvalue weighted by Gasteiger charge is -2.24. The maximum absolute atomic E-state index is 11.7. The monoisotopic (exact) mass is 330 g/mol. The molecule has 23 heavy (non-hydrogen) atoms. The number of benzene rings is 2. The summed E-state index contributed by atoms with van der Waals surface area (Å²) in [7, 11) is -3.32. The Morgan fingerprint density at radius 3 is 2.52 bits per heavy atom. The van der Waals surface area contributed by atoms with Gasteiger partial charge in [-0.2, -0.15) is 0 Å². The second-order valence-corrected chi connectivity index (χ2v) is 7.41. The third-order valence-corrected chi connectivity index (χ3v) is 4.57. The molecular weight excluding hydrogens is 312 g/mol. The molecule has 4 nitrogen and oxygen atoms in total. The van der Waals surface area contributed by atoms with Gasteiger partial charge < -0.3 is 9.47 Å². The molecule has 1 heterocycles. The normalized spacial score (nSPS) is 18.0. The third-order valence-electron chi connectivity index (χ3n) is 3.57. The molecule has 0 spiro atoms. The summed E-state index contributed by atoms with van der Waals surface area (Å²) in [5, 5.41) is 0.0585. The minimum Gasteiger partial charge on any atom is -0.475 e. The van der Waals surface area contributed by atoms with E-state index in [0.717, 1.165) is 24.0 Å². The largest absolute Gasteiger partial charge is 0.475 e. The van der Waals surface area contributed by atoms with Crippen LogP contribution in [0.2, 0.25) is 0 Å². The molecule has 0 radical (unpaired) electrons. The van der Waals surface area contributed by atoms with Crippen molar-refractivity contribution in [2.24, 2.45) is 0 Å². The first-order valence-electron chi connectivity index (χ1n) is 7.42. The molecule has 0 aliphatic carbocycles. The Bertz CT molecular complexity index is 810. The van der Waals surface area contributed by atoms with E-state index < -0.39 is 9.84 Å². The van der Waals surface area contributed by atoms with Gasteiger partial charge in [0.25, 0.3) is 0 Å². The molecule has 0 N–H and O–H groups in total. The molecule has 0 fully saturated rings. The predicted molar refractivity (Wildman–Crippen MR) is 88.9 cm³/mol. The maximum atomic E-state index is 11.7. The van der Waals surface area contributed by atoms with Gasteiger partial charge >= 0.3 is 0 Å². The molecule has 2 aromatic carbocycles. The standard InChI is InChI=1S/C18H18O4S/c1-23(19,20)18-12-6-11-17(22-18)14-7-5-10-16(13-14)21-15-8-3-2-4-9-15/h2-5,7-10,12-13,17H,6,11H2,1H3. The third kappa shape index (κ3) is 3.93. The van der Waals surface area contributed by atoms with Gasteiger partial charge in [0, 0.05) is 6.26 Å². The highest BCUT2D eigenvalue weighted by Crippen LogP contribution is 2.34. The van der Waals surface area contributed by atoms with Crippen molar-refractivity contribution < 1.29 is 17.9 Å². The molecular formula is C18H18O4S. The van der Waals surface area contributed by atoms with Gasteiger partial charge in [0.15, 0.2) is 0 Å². The zero-order valence-electron chi connectivity index (χ0n) is 12.8. The van der Waals surface area contributed by atoms with Crippen LogP contribution in [0.3, 0.4) is 0 Å². The van der Waals surface area contributed by atoms with Gasteiger partial charge in [-0.3, -0.25) is 0 Å². The van der Waals surface area contributed by atoms with E-state index in [4.69, 9.17) is 9.47 Å². The van der Waals surface area contributed by atoms with Crippen LogP contribution in [0.15, 0.2) is 65.8 Å². The van der Waals surface area contributed by atoms with Crippen LogP contribution in [0.1, 0.15) is 24.5 Å². The van der Waals surface area contributed by atoms with Crippen molar-refractivity contribution in [2.75, 3.05) is 6.26 Å². The van der Waals surface area contributed by atoms with Crippen molar-refractivity contribution in [1.29, 1.82) is 0 Å². The number of sulfone groups is 1. The van der Waals surface area contributed by atoms with Crippen LogP contribution in [0.4, 0.5) is 0 Å². The average Bonchev–Trinajstić information content (AvgIpc) is 2.55. The lowest BCUT2D eigenvalue weighted by Crippen LogP contribution is -2.14. The molecule has 3 rings (SSSR count). The first-order chi connectivity index (χ1) is 11.0. The van der Waals surface area contributed by atoms with Gasteiger partial charge in [-0.1, -0.05) is 30.3 Å². The van der Waals surface area contributed by atoms with Crippen LogP contribution >= 0.6 is 0 Å². The van der Waals surface area contributed by atoms with E-state index in [-0.39, 0.29) is 11.2 Å². The maximum Gasteiger partial charge on any atom is 0.208 e. The highest BCUT2D eigenvalue weighted by atomic mass is 32.2. The Morgan fingerprint density at radius 2 is 1.78 bits per heavy atom. The van der Waals surface area contributed by atoms with E-state index in [1.807, 2.05) is 54.6 Å². The Morgan fingerprint density at radius 1 is 1.04 bits per heavy atom. The zero-order chi connectivity index (χ0) is 16.3. The van der Waals surface area contributed by atoms with E-state index in [9.17, 15) is 8.42 Å². The molecule has 2 aromatic rings. The summed E-state index contributed by atoms with van der Waals surface area (Å²) < 4.78 is 34.8. The van der Waals surface area contributed by atoms with Crippen molar-refractivity contribution in [3.05, 3.63) is 71.3 Å². The number of hydrogen-bond acceptors (Lipinski definition) is 4. The van der Waals surface area contributed by atoms with Gasteiger partial charge in [-0.05, 0) is 48.7 Å². The number of para-hydroxylation sites is 1. The molecule has 1 aliphatic rings. The Labute approximate surface area is 136 Å². The first-order valence-corrected chi connectivity index (χ1v) is 9.31. The second-order valence-electron chi connectivity index (χ2n) is 5.47. The molecule has 120 valence electrons. The second kappa shape index (κ2) is 6.46. The van der Waals surface area contributed by atoms with Gasteiger partial charge in [0.2, 0.25) is 14.9 Å².